The zero-order valence-electron chi connectivity index (χ0n) is 21.6. The van der Waals surface area contributed by atoms with Gasteiger partial charge in [0.2, 0.25) is 0 Å². The highest BCUT2D eigenvalue weighted by Gasteiger charge is 2.14. The summed E-state index contributed by atoms with van der Waals surface area (Å²) in [5.74, 6) is 0.293. The van der Waals surface area contributed by atoms with Crippen LogP contribution in [0.25, 0.3) is 21.7 Å². The Hall–Kier alpha value is -4.24. The Labute approximate surface area is 221 Å². The Morgan fingerprint density at radius 1 is 1.00 bits per heavy atom. The minimum Gasteiger partial charge on any atom is -0.465 e. The number of rotatable bonds is 12. The molecule has 1 amide bonds. The van der Waals surface area contributed by atoms with Crippen LogP contribution in [0.1, 0.15) is 35.7 Å². The fourth-order valence-electron chi connectivity index (χ4n) is 4.03. The average Bonchev–Trinajstić information content (AvgIpc) is 2.95. The second-order valence-electron chi connectivity index (χ2n) is 8.92. The van der Waals surface area contributed by atoms with Gasteiger partial charge >= 0.3 is 12.1 Å². The number of ether oxygens (including phenoxy) is 3. The van der Waals surface area contributed by atoms with E-state index in [1.54, 1.807) is 24.5 Å². The van der Waals surface area contributed by atoms with Gasteiger partial charge in [0.1, 0.15) is 12.4 Å². The van der Waals surface area contributed by atoms with E-state index in [1.165, 1.54) is 7.11 Å². The van der Waals surface area contributed by atoms with Crippen LogP contribution in [0.2, 0.25) is 0 Å². The summed E-state index contributed by atoms with van der Waals surface area (Å²) < 4.78 is 15.9. The predicted octanol–water partition coefficient (Wildman–Crippen LogP) is 5.09. The molecule has 38 heavy (non-hydrogen) atoms. The highest BCUT2D eigenvalue weighted by atomic mass is 16.5. The number of benzene rings is 2. The van der Waals surface area contributed by atoms with Crippen LogP contribution in [0.5, 0.6) is 0 Å². The zero-order valence-corrected chi connectivity index (χ0v) is 21.6. The van der Waals surface area contributed by atoms with Crippen LogP contribution in [-0.4, -0.2) is 54.9 Å². The molecule has 0 bridgehead atoms. The number of hydrogen-bond acceptors (Lipinski definition) is 8. The number of carbonyl (C=O) groups is 2. The lowest BCUT2D eigenvalue weighted by Gasteiger charge is -2.17. The first kappa shape index (κ1) is 26.8. The van der Waals surface area contributed by atoms with Gasteiger partial charge in [-0.2, -0.15) is 0 Å². The number of hydrogen-bond donors (Lipinski definition) is 2. The minimum atomic E-state index is -0.420. The van der Waals surface area contributed by atoms with Gasteiger partial charge in [-0.3, -0.25) is 4.98 Å². The molecule has 2 N–H and O–H groups in total. The number of unbranched alkanes of at least 4 members (excludes halogenated alkanes) is 1. The van der Waals surface area contributed by atoms with Crippen molar-refractivity contribution in [3.05, 3.63) is 78.1 Å². The molecule has 0 aliphatic heterocycles. The maximum absolute atomic E-state index is 12.0. The monoisotopic (exact) mass is 516 g/mol. The van der Waals surface area contributed by atoms with E-state index in [-0.39, 0.29) is 12.6 Å². The Bertz CT molecular complexity index is 1380. The van der Waals surface area contributed by atoms with E-state index >= 15 is 0 Å². The van der Waals surface area contributed by atoms with Crippen molar-refractivity contribution in [3.8, 4) is 0 Å². The third-order valence-electron chi connectivity index (χ3n) is 5.97. The number of fused-ring (bicyclic) bond motifs is 3. The molecule has 0 saturated heterocycles. The third-order valence-corrected chi connectivity index (χ3v) is 5.97. The molecule has 0 fully saturated rings. The predicted molar refractivity (Wildman–Crippen MR) is 146 cm³/mol. The van der Waals surface area contributed by atoms with Crippen molar-refractivity contribution >= 4 is 39.6 Å². The SMILES string of the molecule is COC(=O)c1ccc2c(c1)nc(NC(C)COCCCCNC(=O)OCc1ccccc1)c1ccncc12. The number of carbonyl (C=O) groups excluding carboxylic acids is 2. The highest BCUT2D eigenvalue weighted by molar-refractivity contribution is 6.10. The number of nitrogens with zero attached hydrogens (tertiary/aromatic N) is 2. The summed E-state index contributed by atoms with van der Waals surface area (Å²) >= 11 is 0. The summed E-state index contributed by atoms with van der Waals surface area (Å²) in [5, 5.41) is 8.98. The molecule has 1 unspecified atom stereocenters. The molecule has 9 heteroatoms. The average molecular weight is 517 g/mol. The van der Waals surface area contributed by atoms with Crippen LogP contribution in [-0.2, 0) is 20.8 Å². The van der Waals surface area contributed by atoms with Gasteiger partial charge in [-0.1, -0.05) is 36.4 Å². The molecule has 2 aromatic heterocycles. The molecular weight excluding hydrogens is 484 g/mol. The number of amides is 1. The molecular formula is C29H32N4O5. The number of esters is 1. The van der Waals surface area contributed by atoms with Crippen LogP contribution in [0.4, 0.5) is 10.6 Å². The van der Waals surface area contributed by atoms with E-state index in [1.807, 2.05) is 49.4 Å². The molecule has 0 aliphatic carbocycles. The first-order valence-corrected chi connectivity index (χ1v) is 12.6. The normalized spacial score (nSPS) is 11.7. The van der Waals surface area contributed by atoms with E-state index in [0.29, 0.717) is 36.7 Å². The minimum absolute atomic E-state index is 0.00815. The van der Waals surface area contributed by atoms with Gasteiger partial charge in [-0.05, 0) is 43.5 Å². The fraction of sp³-hybridized carbons (Fsp3) is 0.310. The molecule has 2 aromatic carbocycles. The Balaban J connectivity index is 1.22. The van der Waals surface area contributed by atoms with E-state index < -0.39 is 12.1 Å². The van der Waals surface area contributed by atoms with Crippen molar-refractivity contribution in [1.82, 2.24) is 15.3 Å². The number of nitrogens with one attached hydrogen (secondary N) is 2. The van der Waals surface area contributed by atoms with Crippen LogP contribution in [0, 0.1) is 0 Å². The van der Waals surface area contributed by atoms with Gasteiger partial charge in [0.15, 0.2) is 0 Å². The van der Waals surface area contributed by atoms with Gasteiger partial charge in [-0.25, -0.2) is 14.6 Å². The second kappa shape index (κ2) is 13.3. The summed E-state index contributed by atoms with van der Waals surface area (Å²) in [6, 6.07) is 16.8. The number of anilines is 1. The van der Waals surface area contributed by atoms with E-state index in [9.17, 15) is 9.59 Å². The lowest BCUT2D eigenvalue weighted by molar-refractivity contribution is 0.0601. The van der Waals surface area contributed by atoms with Crippen LogP contribution >= 0.6 is 0 Å². The maximum Gasteiger partial charge on any atom is 0.407 e. The van der Waals surface area contributed by atoms with Gasteiger partial charge in [0.05, 0.1) is 24.8 Å². The molecule has 198 valence electrons. The molecule has 4 aromatic rings. The lowest BCUT2D eigenvalue weighted by atomic mass is 10.1. The molecule has 9 nitrogen and oxygen atoms in total. The van der Waals surface area contributed by atoms with E-state index in [4.69, 9.17) is 19.2 Å². The van der Waals surface area contributed by atoms with Gasteiger partial charge in [0, 0.05) is 47.7 Å². The van der Waals surface area contributed by atoms with Crippen molar-refractivity contribution in [2.75, 3.05) is 32.2 Å². The summed E-state index contributed by atoms with van der Waals surface area (Å²) in [4.78, 5) is 32.9. The Morgan fingerprint density at radius 2 is 1.84 bits per heavy atom. The van der Waals surface area contributed by atoms with Gasteiger partial charge in [0.25, 0.3) is 0 Å². The maximum atomic E-state index is 12.0. The van der Waals surface area contributed by atoms with Crippen molar-refractivity contribution in [2.45, 2.75) is 32.4 Å². The van der Waals surface area contributed by atoms with Gasteiger partial charge in [-0.15, -0.1) is 0 Å². The highest BCUT2D eigenvalue weighted by Crippen LogP contribution is 2.29. The molecule has 2 heterocycles. The third kappa shape index (κ3) is 7.17. The molecule has 4 rings (SSSR count). The zero-order chi connectivity index (χ0) is 26.7. The largest absolute Gasteiger partial charge is 0.465 e. The first-order chi connectivity index (χ1) is 18.5. The fourth-order valence-corrected chi connectivity index (χ4v) is 4.03. The molecule has 0 spiro atoms. The number of pyridine rings is 2. The van der Waals surface area contributed by atoms with Gasteiger partial charge < -0.3 is 24.8 Å². The van der Waals surface area contributed by atoms with E-state index in [0.717, 1.165) is 34.6 Å². The number of methoxy groups -OCH3 is 1. The molecule has 0 saturated carbocycles. The van der Waals surface area contributed by atoms with Crippen molar-refractivity contribution < 1.29 is 23.8 Å². The lowest BCUT2D eigenvalue weighted by Crippen LogP contribution is -2.25. The molecule has 1 atom stereocenters. The van der Waals surface area contributed by atoms with Crippen molar-refractivity contribution in [3.63, 3.8) is 0 Å². The topological polar surface area (TPSA) is 112 Å². The van der Waals surface area contributed by atoms with Crippen LogP contribution < -0.4 is 10.6 Å². The quantitative estimate of drug-likeness (QED) is 0.152. The summed E-state index contributed by atoms with van der Waals surface area (Å²) in [5.41, 5.74) is 2.07. The molecule has 0 radical (unpaired) electrons. The first-order valence-electron chi connectivity index (χ1n) is 12.6. The Morgan fingerprint density at radius 3 is 2.66 bits per heavy atom. The number of aromatic nitrogens is 2. The smallest absolute Gasteiger partial charge is 0.407 e. The Kier molecular flexibility index (Phi) is 9.42. The van der Waals surface area contributed by atoms with E-state index in [2.05, 4.69) is 15.6 Å². The molecule has 0 aliphatic rings. The summed E-state index contributed by atoms with van der Waals surface area (Å²) in [7, 11) is 1.36. The van der Waals surface area contributed by atoms with Crippen molar-refractivity contribution in [2.24, 2.45) is 0 Å². The number of alkyl carbamates (subject to hydrolysis) is 1. The van der Waals surface area contributed by atoms with Crippen LogP contribution in [0.3, 0.4) is 0 Å². The summed E-state index contributed by atoms with van der Waals surface area (Å²) in [6.07, 6.45) is 4.71. The van der Waals surface area contributed by atoms with Crippen LogP contribution in [0.15, 0.2) is 67.0 Å². The summed E-state index contributed by atoms with van der Waals surface area (Å²) in [6.45, 7) is 3.87. The second-order valence-corrected chi connectivity index (χ2v) is 8.92. The van der Waals surface area contributed by atoms with Crippen molar-refractivity contribution in [1.29, 1.82) is 0 Å². The standard InChI is InChI=1S/C29H32N4O5/c1-20(18-37-15-7-6-13-31-29(35)38-19-21-8-4-3-5-9-21)32-27-24-12-14-30-17-25(24)23-11-10-22(28(34)36-2)16-26(23)33-27/h3-5,8-12,14,16-17,20H,6-7,13,15,18-19H2,1-2H3,(H,31,35)(H,32,33).